The maximum atomic E-state index is 5.76. The third-order valence-corrected chi connectivity index (χ3v) is 3.13. The molecule has 0 amide bonds. The molecule has 0 radical (unpaired) electrons. The van der Waals surface area contributed by atoms with Gasteiger partial charge in [-0.25, -0.2) is 0 Å². The molecule has 12 heavy (non-hydrogen) atoms. The van der Waals surface area contributed by atoms with E-state index in [0.717, 1.165) is 5.92 Å². The van der Waals surface area contributed by atoms with Crippen LogP contribution >= 0.6 is 23.2 Å². The van der Waals surface area contributed by atoms with E-state index in [1.807, 2.05) is 0 Å². The number of nitrogens with one attached hydrogen (secondary N) is 1. The molecule has 70 valence electrons. The normalized spacial score (nSPS) is 31.1. The lowest BCUT2D eigenvalue weighted by Gasteiger charge is -2.16. The highest BCUT2D eigenvalue weighted by Crippen LogP contribution is 2.24. The van der Waals surface area contributed by atoms with Gasteiger partial charge in [0.25, 0.3) is 0 Å². The summed E-state index contributed by atoms with van der Waals surface area (Å²) >= 11 is 11.2. The highest BCUT2D eigenvalue weighted by atomic mass is 35.5. The lowest BCUT2D eigenvalue weighted by atomic mass is 10.1. The van der Waals surface area contributed by atoms with Gasteiger partial charge in [-0.2, -0.15) is 0 Å². The largest absolute Gasteiger partial charge is 0.309 e. The zero-order valence-corrected chi connectivity index (χ0v) is 8.83. The second-order valence-corrected chi connectivity index (χ2v) is 4.16. The first-order chi connectivity index (χ1) is 5.74. The van der Waals surface area contributed by atoms with Gasteiger partial charge in [0.1, 0.15) is 0 Å². The van der Waals surface area contributed by atoms with Crippen molar-refractivity contribution in [3.8, 4) is 0 Å². The first-order valence-electron chi connectivity index (χ1n) is 4.42. The Balaban J connectivity index is 2.22. The lowest BCUT2D eigenvalue weighted by Crippen LogP contribution is -2.31. The minimum Gasteiger partial charge on any atom is -0.309 e. The summed E-state index contributed by atoms with van der Waals surface area (Å²) in [6.45, 7) is 2.99. The van der Waals surface area contributed by atoms with E-state index in [1.54, 1.807) is 0 Å². The summed E-state index contributed by atoms with van der Waals surface area (Å²) in [4.78, 5) is 0. The number of hydrogen-bond acceptors (Lipinski definition) is 1. The third kappa shape index (κ3) is 2.96. The van der Waals surface area contributed by atoms with Crippen LogP contribution in [0.25, 0.3) is 0 Å². The van der Waals surface area contributed by atoms with Crippen LogP contribution in [-0.2, 0) is 0 Å². The molecule has 2 unspecified atom stereocenters. The van der Waals surface area contributed by atoms with Crippen molar-refractivity contribution in [2.24, 2.45) is 5.92 Å². The van der Waals surface area contributed by atoms with Crippen LogP contribution in [0.4, 0.5) is 0 Å². The molecule has 0 aromatic heterocycles. The van der Waals surface area contributed by atoms with Crippen LogP contribution in [0, 0.1) is 5.92 Å². The predicted octanol–water partition coefficient (Wildman–Crippen LogP) is 3.08. The lowest BCUT2D eigenvalue weighted by molar-refractivity contribution is 0.444. The third-order valence-electron chi connectivity index (χ3n) is 2.51. The second kappa shape index (κ2) is 5.11. The molecule has 1 rings (SSSR count). The highest BCUT2D eigenvalue weighted by molar-refractivity contribution is 6.36. The van der Waals surface area contributed by atoms with Crippen molar-refractivity contribution in [1.82, 2.24) is 5.32 Å². The van der Waals surface area contributed by atoms with E-state index < -0.39 is 0 Å². The van der Waals surface area contributed by atoms with Gasteiger partial charge < -0.3 is 5.32 Å². The van der Waals surface area contributed by atoms with Crippen molar-refractivity contribution in [2.75, 3.05) is 6.54 Å². The minimum atomic E-state index is 0.635. The van der Waals surface area contributed by atoms with Gasteiger partial charge >= 0.3 is 0 Å². The Morgan fingerprint density at radius 1 is 1.58 bits per heavy atom. The Hall–Kier alpha value is 0.280. The van der Waals surface area contributed by atoms with E-state index in [4.69, 9.17) is 23.2 Å². The predicted molar refractivity (Wildman–Crippen MR) is 54.6 cm³/mol. The second-order valence-electron chi connectivity index (χ2n) is 3.45. The fourth-order valence-electron chi connectivity index (χ4n) is 1.72. The molecule has 1 saturated carbocycles. The van der Waals surface area contributed by atoms with Crippen LogP contribution < -0.4 is 5.32 Å². The number of halogens is 2. The minimum absolute atomic E-state index is 0.635. The van der Waals surface area contributed by atoms with Gasteiger partial charge in [-0.05, 0) is 18.8 Å². The van der Waals surface area contributed by atoms with E-state index in [0.29, 0.717) is 17.6 Å². The van der Waals surface area contributed by atoms with E-state index in [-0.39, 0.29) is 0 Å². The molecule has 1 nitrogen and oxygen atoms in total. The summed E-state index contributed by atoms with van der Waals surface area (Å²) in [6.07, 6.45) is 3.94. The van der Waals surface area contributed by atoms with Crippen molar-refractivity contribution in [3.05, 3.63) is 10.6 Å². The van der Waals surface area contributed by atoms with Crippen molar-refractivity contribution < 1.29 is 0 Å². The molecular formula is C9H15Cl2N. The number of hydrogen-bond donors (Lipinski definition) is 1. The van der Waals surface area contributed by atoms with E-state index in [2.05, 4.69) is 12.2 Å². The zero-order valence-electron chi connectivity index (χ0n) is 7.32. The first-order valence-corrected chi connectivity index (χ1v) is 5.23. The maximum Gasteiger partial charge on any atom is 0.0432 e. The molecule has 1 aliphatic rings. The Labute approximate surface area is 84.1 Å². The van der Waals surface area contributed by atoms with Crippen LogP contribution in [0.1, 0.15) is 26.2 Å². The Morgan fingerprint density at radius 2 is 2.33 bits per heavy atom. The van der Waals surface area contributed by atoms with Gasteiger partial charge in [0.05, 0.1) is 0 Å². The molecule has 0 saturated heterocycles. The standard InChI is InChI=1S/C9H15Cl2N/c1-7-3-2-4-9(7)12-6-8(11)5-10/h5,7,9,12H,2-4,6H2,1H3/b8-5-. The quantitative estimate of drug-likeness (QED) is 0.751. The molecule has 0 bridgehead atoms. The maximum absolute atomic E-state index is 5.76. The molecule has 0 spiro atoms. The van der Waals surface area contributed by atoms with Gasteiger partial charge in [0.2, 0.25) is 0 Å². The average molecular weight is 208 g/mol. The summed E-state index contributed by atoms with van der Waals surface area (Å²) < 4.78 is 0. The molecule has 3 heteroatoms. The molecule has 1 fully saturated rings. The van der Waals surface area contributed by atoms with E-state index in [9.17, 15) is 0 Å². The van der Waals surface area contributed by atoms with E-state index in [1.165, 1.54) is 24.8 Å². The molecule has 1 N–H and O–H groups in total. The van der Waals surface area contributed by atoms with Crippen molar-refractivity contribution in [1.29, 1.82) is 0 Å². The summed E-state index contributed by atoms with van der Waals surface area (Å²) in [6, 6.07) is 0.635. The highest BCUT2D eigenvalue weighted by Gasteiger charge is 2.22. The molecule has 0 aliphatic heterocycles. The topological polar surface area (TPSA) is 12.0 Å². The van der Waals surface area contributed by atoms with Crippen molar-refractivity contribution >= 4 is 23.2 Å². The van der Waals surface area contributed by atoms with Crippen LogP contribution in [0.3, 0.4) is 0 Å². The first kappa shape index (κ1) is 10.4. The van der Waals surface area contributed by atoms with Crippen molar-refractivity contribution in [3.63, 3.8) is 0 Å². The van der Waals surface area contributed by atoms with Crippen LogP contribution in [0.15, 0.2) is 10.6 Å². The molecular weight excluding hydrogens is 193 g/mol. The van der Waals surface area contributed by atoms with Gasteiger partial charge in [0, 0.05) is 23.2 Å². The molecule has 0 heterocycles. The van der Waals surface area contributed by atoms with E-state index >= 15 is 0 Å². The van der Waals surface area contributed by atoms with Gasteiger partial charge in [-0.1, -0.05) is 36.5 Å². The Morgan fingerprint density at radius 3 is 2.83 bits per heavy atom. The number of rotatable bonds is 3. The summed E-state index contributed by atoms with van der Waals surface area (Å²) in [5.41, 5.74) is 1.42. The molecule has 1 aliphatic carbocycles. The summed E-state index contributed by atoms with van der Waals surface area (Å²) in [5, 5.41) is 4.09. The average Bonchev–Trinajstić information content (AvgIpc) is 2.47. The Bertz CT molecular complexity index is 168. The molecule has 0 aromatic carbocycles. The SMILES string of the molecule is CC1CCCC1NC/C(Cl)=C/Cl. The fraction of sp³-hybridized carbons (Fsp3) is 0.778. The summed E-state index contributed by atoms with van der Waals surface area (Å²) in [7, 11) is 0. The monoisotopic (exact) mass is 207 g/mol. The van der Waals surface area contributed by atoms with Crippen LogP contribution in [0.5, 0.6) is 0 Å². The van der Waals surface area contributed by atoms with Crippen LogP contribution in [0.2, 0.25) is 0 Å². The molecule has 2 atom stereocenters. The Kier molecular flexibility index (Phi) is 4.41. The molecule has 0 aromatic rings. The summed E-state index contributed by atoms with van der Waals surface area (Å²) in [5.74, 6) is 0.782. The van der Waals surface area contributed by atoms with Gasteiger partial charge in [0.15, 0.2) is 0 Å². The van der Waals surface area contributed by atoms with Crippen LogP contribution in [-0.4, -0.2) is 12.6 Å². The van der Waals surface area contributed by atoms with Gasteiger partial charge in [-0.15, -0.1) is 0 Å². The van der Waals surface area contributed by atoms with Crippen molar-refractivity contribution in [2.45, 2.75) is 32.2 Å². The van der Waals surface area contributed by atoms with Gasteiger partial charge in [-0.3, -0.25) is 0 Å². The smallest absolute Gasteiger partial charge is 0.0432 e. The fourth-order valence-corrected chi connectivity index (χ4v) is 1.87. The zero-order chi connectivity index (χ0) is 8.97.